The summed E-state index contributed by atoms with van der Waals surface area (Å²) in [6, 6.07) is 4.97. The highest BCUT2D eigenvalue weighted by Gasteiger charge is 2.11. The minimum Gasteiger partial charge on any atom is -0.504 e. The molecule has 0 aliphatic carbocycles. The Morgan fingerprint density at radius 3 is 2.75 bits per heavy atom. The number of phenolic OH excluding ortho intramolecular Hbond substituents is 1. The second-order valence-corrected chi connectivity index (χ2v) is 4.06. The number of nitrogens with one attached hydrogen (secondary N) is 1. The van der Waals surface area contributed by atoms with Gasteiger partial charge in [-0.05, 0) is 28.1 Å². The predicted octanol–water partition coefficient (Wildman–Crippen LogP) is 2.14. The van der Waals surface area contributed by atoms with Gasteiger partial charge in [0.25, 0.3) is 0 Å². The van der Waals surface area contributed by atoms with Gasteiger partial charge in [0, 0.05) is 16.1 Å². The first-order valence-electron chi connectivity index (χ1n) is 4.49. The van der Waals surface area contributed by atoms with Crippen molar-refractivity contribution in [2.24, 2.45) is 0 Å². The second-order valence-electron chi connectivity index (χ2n) is 3.21. The number of methoxy groups -OCH3 is 1. The van der Waals surface area contributed by atoms with Crippen molar-refractivity contribution in [1.82, 2.24) is 10.2 Å². The number of hydrogen-bond acceptors (Lipinski definition) is 4. The van der Waals surface area contributed by atoms with Crippen LogP contribution in [0.15, 0.2) is 22.7 Å². The van der Waals surface area contributed by atoms with Crippen molar-refractivity contribution in [1.29, 1.82) is 0 Å². The number of ether oxygens (including phenoxy) is 1. The molecule has 4 N–H and O–H groups in total. The molecule has 1 aromatic carbocycles. The third-order valence-corrected chi connectivity index (χ3v) is 2.81. The summed E-state index contributed by atoms with van der Waals surface area (Å²) in [5.74, 6) is 0.880. The lowest BCUT2D eigenvalue weighted by atomic mass is 10.1. The summed E-state index contributed by atoms with van der Waals surface area (Å²) in [5.41, 5.74) is 7.10. The predicted molar refractivity (Wildman–Crippen MR) is 64.4 cm³/mol. The van der Waals surface area contributed by atoms with Gasteiger partial charge in [-0.15, -0.1) is 0 Å². The number of nitrogens with two attached hydrogens (primary N) is 1. The van der Waals surface area contributed by atoms with E-state index in [0.29, 0.717) is 11.6 Å². The Morgan fingerprint density at radius 2 is 2.19 bits per heavy atom. The van der Waals surface area contributed by atoms with Crippen molar-refractivity contribution >= 4 is 21.7 Å². The lowest BCUT2D eigenvalue weighted by Gasteiger charge is -2.07. The van der Waals surface area contributed by atoms with Crippen molar-refractivity contribution in [2.75, 3.05) is 12.8 Å². The smallest absolute Gasteiger partial charge is 0.161 e. The number of hydrogen-bond donors (Lipinski definition) is 3. The highest BCUT2D eigenvalue weighted by atomic mass is 79.9. The van der Waals surface area contributed by atoms with Crippen molar-refractivity contribution in [2.45, 2.75) is 0 Å². The van der Waals surface area contributed by atoms with E-state index in [1.807, 2.05) is 0 Å². The minimum atomic E-state index is 0.0746. The first kappa shape index (κ1) is 10.8. The summed E-state index contributed by atoms with van der Waals surface area (Å²) in [6.45, 7) is 0. The molecule has 5 nitrogen and oxygen atoms in total. The van der Waals surface area contributed by atoms with Crippen LogP contribution >= 0.6 is 15.9 Å². The fraction of sp³-hybridized carbons (Fsp3) is 0.100. The average molecular weight is 284 g/mol. The zero-order chi connectivity index (χ0) is 11.7. The van der Waals surface area contributed by atoms with Crippen molar-refractivity contribution < 1.29 is 9.84 Å². The van der Waals surface area contributed by atoms with Gasteiger partial charge in [0.1, 0.15) is 5.82 Å². The van der Waals surface area contributed by atoms with Crippen LogP contribution in [0, 0.1) is 0 Å². The van der Waals surface area contributed by atoms with Gasteiger partial charge < -0.3 is 15.6 Å². The van der Waals surface area contributed by atoms with Crippen LogP contribution in [0.2, 0.25) is 0 Å². The van der Waals surface area contributed by atoms with Gasteiger partial charge in [0.2, 0.25) is 0 Å². The maximum absolute atomic E-state index is 9.56. The minimum absolute atomic E-state index is 0.0746. The van der Waals surface area contributed by atoms with Crippen LogP contribution < -0.4 is 10.5 Å². The highest BCUT2D eigenvalue weighted by Crippen LogP contribution is 2.37. The number of nitrogen functional groups attached to an aromatic ring is 1. The number of benzene rings is 1. The molecule has 2 rings (SSSR count). The Hall–Kier alpha value is -1.69. The van der Waals surface area contributed by atoms with Crippen LogP contribution in [-0.4, -0.2) is 22.4 Å². The summed E-state index contributed by atoms with van der Waals surface area (Å²) >= 11 is 3.35. The fourth-order valence-corrected chi connectivity index (χ4v) is 1.93. The molecule has 84 valence electrons. The Labute approximate surface area is 100 Å². The van der Waals surface area contributed by atoms with Gasteiger partial charge in [0.15, 0.2) is 11.5 Å². The zero-order valence-electron chi connectivity index (χ0n) is 8.49. The van der Waals surface area contributed by atoms with E-state index in [-0.39, 0.29) is 5.75 Å². The molecule has 0 fully saturated rings. The molecular formula is C10H10BrN3O2. The number of aromatic amines is 1. The van der Waals surface area contributed by atoms with Gasteiger partial charge in [-0.25, -0.2) is 0 Å². The first-order valence-corrected chi connectivity index (χ1v) is 5.29. The summed E-state index contributed by atoms with van der Waals surface area (Å²) in [4.78, 5) is 0. The Bertz CT molecular complexity index is 525. The van der Waals surface area contributed by atoms with E-state index >= 15 is 0 Å². The van der Waals surface area contributed by atoms with E-state index in [0.717, 1.165) is 15.7 Å². The molecular weight excluding hydrogens is 274 g/mol. The third kappa shape index (κ3) is 1.83. The summed E-state index contributed by atoms with van der Waals surface area (Å²) < 4.78 is 5.76. The molecule has 0 amide bonds. The van der Waals surface area contributed by atoms with Crippen molar-refractivity contribution in [3.05, 3.63) is 22.7 Å². The number of H-pyrrole nitrogens is 1. The fourth-order valence-electron chi connectivity index (χ4n) is 1.39. The van der Waals surface area contributed by atoms with Gasteiger partial charge in [-0.1, -0.05) is 0 Å². The highest BCUT2D eigenvalue weighted by molar-refractivity contribution is 9.10. The van der Waals surface area contributed by atoms with E-state index in [1.54, 1.807) is 18.2 Å². The van der Waals surface area contributed by atoms with E-state index < -0.39 is 0 Å². The molecule has 0 spiro atoms. The van der Waals surface area contributed by atoms with Crippen LogP contribution in [-0.2, 0) is 0 Å². The molecule has 1 aromatic heterocycles. The lowest BCUT2D eigenvalue weighted by Crippen LogP contribution is -1.87. The lowest BCUT2D eigenvalue weighted by molar-refractivity contribution is 0.373. The topological polar surface area (TPSA) is 84.2 Å². The summed E-state index contributed by atoms with van der Waals surface area (Å²) in [5, 5.41) is 16.2. The molecule has 0 aliphatic heterocycles. The molecule has 1 heterocycles. The van der Waals surface area contributed by atoms with E-state index in [1.165, 1.54) is 7.11 Å². The van der Waals surface area contributed by atoms with Crippen LogP contribution in [0.4, 0.5) is 5.82 Å². The maximum atomic E-state index is 9.56. The summed E-state index contributed by atoms with van der Waals surface area (Å²) in [7, 11) is 1.49. The standard InChI is InChI=1S/C10H10BrN3O2/c1-16-9-2-5(6(11)3-8(9)15)7-4-10(12)14-13-7/h2-4,15H,1H3,(H3,12,13,14). The molecule has 0 saturated carbocycles. The van der Waals surface area contributed by atoms with Gasteiger partial charge in [0.05, 0.1) is 12.8 Å². The molecule has 16 heavy (non-hydrogen) atoms. The SMILES string of the molecule is COc1cc(-c2cc(N)n[nH]2)c(Br)cc1O. The number of aromatic nitrogens is 2. The first-order chi connectivity index (χ1) is 7.61. The molecule has 0 aliphatic rings. The molecule has 0 radical (unpaired) electrons. The largest absolute Gasteiger partial charge is 0.504 e. The van der Waals surface area contributed by atoms with Crippen molar-refractivity contribution in [3.63, 3.8) is 0 Å². The van der Waals surface area contributed by atoms with Gasteiger partial charge in [-0.3, -0.25) is 5.10 Å². The number of halogens is 1. The number of anilines is 1. The van der Waals surface area contributed by atoms with Gasteiger partial charge in [-0.2, -0.15) is 5.10 Å². The Morgan fingerprint density at radius 1 is 1.44 bits per heavy atom. The number of nitrogens with zero attached hydrogens (tertiary/aromatic N) is 1. The maximum Gasteiger partial charge on any atom is 0.161 e. The number of rotatable bonds is 2. The Balaban J connectivity index is 2.56. The van der Waals surface area contributed by atoms with E-state index in [9.17, 15) is 5.11 Å². The van der Waals surface area contributed by atoms with Crippen LogP contribution in [0.1, 0.15) is 0 Å². The van der Waals surface area contributed by atoms with E-state index in [2.05, 4.69) is 26.1 Å². The Kier molecular flexibility index (Phi) is 2.74. The van der Waals surface area contributed by atoms with Crippen LogP contribution in [0.5, 0.6) is 11.5 Å². The molecule has 0 atom stereocenters. The second kappa shape index (κ2) is 4.05. The normalized spacial score (nSPS) is 10.4. The summed E-state index contributed by atoms with van der Waals surface area (Å²) in [6.07, 6.45) is 0. The molecule has 6 heteroatoms. The number of phenols is 1. The molecule has 0 unspecified atom stereocenters. The number of aromatic hydroxyl groups is 1. The van der Waals surface area contributed by atoms with Crippen LogP contribution in [0.25, 0.3) is 11.3 Å². The molecule has 2 aromatic rings. The molecule has 0 bridgehead atoms. The van der Waals surface area contributed by atoms with Crippen molar-refractivity contribution in [3.8, 4) is 22.8 Å². The molecule has 0 saturated heterocycles. The zero-order valence-corrected chi connectivity index (χ0v) is 10.1. The van der Waals surface area contributed by atoms with Gasteiger partial charge >= 0.3 is 0 Å². The third-order valence-electron chi connectivity index (χ3n) is 2.16. The monoisotopic (exact) mass is 283 g/mol. The van der Waals surface area contributed by atoms with Crippen LogP contribution in [0.3, 0.4) is 0 Å². The van der Waals surface area contributed by atoms with E-state index in [4.69, 9.17) is 10.5 Å². The quantitative estimate of drug-likeness (QED) is 0.788. The average Bonchev–Trinajstić information content (AvgIpc) is 2.65.